The number of carbonyl (C=O) groups excluding carboxylic acids is 2. The zero-order valence-electron chi connectivity index (χ0n) is 22.0. The van der Waals surface area contributed by atoms with Crippen LogP contribution in [0.1, 0.15) is 60.6 Å². The van der Waals surface area contributed by atoms with E-state index < -0.39 is 17.9 Å². The fourth-order valence-electron chi connectivity index (χ4n) is 4.81. The predicted molar refractivity (Wildman–Crippen MR) is 141 cm³/mol. The van der Waals surface area contributed by atoms with Gasteiger partial charge in [0.25, 0.3) is 11.8 Å². The van der Waals surface area contributed by atoms with Gasteiger partial charge in [-0.05, 0) is 61.6 Å². The molecule has 0 aliphatic heterocycles. The van der Waals surface area contributed by atoms with Gasteiger partial charge in [0.15, 0.2) is 0 Å². The summed E-state index contributed by atoms with van der Waals surface area (Å²) in [6.07, 6.45) is 5.86. The normalized spacial score (nSPS) is 15.9. The van der Waals surface area contributed by atoms with E-state index in [2.05, 4.69) is 20.7 Å². The highest BCUT2D eigenvalue weighted by Gasteiger charge is 2.42. The number of oxazole rings is 1. The molecule has 3 aromatic rings. The summed E-state index contributed by atoms with van der Waals surface area (Å²) in [5.41, 5.74) is 2.23. The standard InChI is InChI=1S/C28H33N5O6/c1-15(2)23(28(37)38)30-26(36)22-14-29-27(39-22)19-5-3-4-18(12-19)20-13-21(33(32-20)10-11-34)25(35)31-24(16-6-7-16)17-8-9-17/h3-5,12-17,23-24,34H,6-11H2,1-2H3,(H,30,36)(H,31,35)(H,37,38)/t23-/m0/s1. The molecular formula is C28H33N5O6. The van der Waals surface area contributed by atoms with Crippen LogP contribution in [0.15, 0.2) is 40.9 Å². The van der Waals surface area contributed by atoms with Gasteiger partial charge in [-0.25, -0.2) is 9.78 Å². The SMILES string of the molecule is CC(C)[C@H](NC(=O)c1cnc(-c2cccc(-c3cc(C(=O)NC(C4CC4)C4CC4)n(CCO)n3)c2)o1)C(=O)O. The fraction of sp³-hybridized carbons (Fsp3) is 0.464. The van der Waals surface area contributed by atoms with Crippen LogP contribution in [0, 0.1) is 17.8 Å². The third-order valence-corrected chi connectivity index (χ3v) is 7.24. The number of carbonyl (C=O) groups is 3. The lowest BCUT2D eigenvalue weighted by Gasteiger charge is -2.17. The van der Waals surface area contributed by atoms with Gasteiger partial charge in [0.05, 0.1) is 25.0 Å². The minimum Gasteiger partial charge on any atom is -0.480 e. The molecule has 2 aromatic heterocycles. The largest absolute Gasteiger partial charge is 0.480 e. The summed E-state index contributed by atoms with van der Waals surface area (Å²) in [7, 11) is 0. The van der Waals surface area contributed by atoms with Crippen molar-refractivity contribution in [1.82, 2.24) is 25.4 Å². The van der Waals surface area contributed by atoms with Crippen molar-refractivity contribution in [3.05, 3.63) is 48.0 Å². The van der Waals surface area contributed by atoms with Crippen molar-refractivity contribution >= 4 is 17.8 Å². The number of benzene rings is 1. The highest BCUT2D eigenvalue weighted by Crippen LogP contribution is 2.44. The van der Waals surface area contributed by atoms with Gasteiger partial charge in [-0.2, -0.15) is 5.10 Å². The van der Waals surface area contributed by atoms with Crippen molar-refractivity contribution in [3.8, 4) is 22.7 Å². The first-order valence-electron chi connectivity index (χ1n) is 13.3. The van der Waals surface area contributed by atoms with E-state index in [1.54, 1.807) is 38.1 Å². The van der Waals surface area contributed by atoms with E-state index in [0.717, 1.165) is 25.7 Å². The molecule has 0 spiro atoms. The maximum absolute atomic E-state index is 13.2. The average molecular weight is 536 g/mol. The van der Waals surface area contributed by atoms with Gasteiger partial charge < -0.3 is 25.3 Å². The Balaban J connectivity index is 1.35. The third-order valence-electron chi connectivity index (χ3n) is 7.24. The van der Waals surface area contributed by atoms with Crippen LogP contribution in [0.5, 0.6) is 0 Å². The number of nitrogens with one attached hydrogen (secondary N) is 2. The van der Waals surface area contributed by atoms with Crippen LogP contribution < -0.4 is 10.6 Å². The van der Waals surface area contributed by atoms with Gasteiger partial charge >= 0.3 is 5.97 Å². The van der Waals surface area contributed by atoms with Crippen molar-refractivity contribution in [2.75, 3.05) is 6.61 Å². The summed E-state index contributed by atoms with van der Waals surface area (Å²) in [5.74, 6) is -1.10. The van der Waals surface area contributed by atoms with Crippen LogP contribution in [0.25, 0.3) is 22.7 Å². The van der Waals surface area contributed by atoms with Crippen molar-refractivity contribution in [2.45, 2.75) is 58.2 Å². The minimum absolute atomic E-state index is 0.102. The second-order valence-corrected chi connectivity index (χ2v) is 10.7. The van der Waals surface area contributed by atoms with E-state index >= 15 is 0 Å². The Hall–Kier alpha value is -3.99. The quantitative estimate of drug-likeness (QED) is 0.275. The molecule has 1 aromatic carbocycles. The fourth-order valence-corrected chi connectivity index (χ4v) is 4.81. The molecule has 11 nitrogen and oxygen atoms in total. The predicted octanol–water partition coefficient (Wildman–Crippen LogP) is 2.95. The monoisotopic (exact) mass is 535 g/mol. The summed E-state index contributed by atoms with van der Waals surface area (Å²) in [6.45, 7) is 3.43. The van der Waals surface area contributed by atoms with Crippen LogP contribution in [-0.4, -0.2) is 61.5 Å². The lowest BCUT2D eigenvalue weighted by molar-refractivity contribution is -0.140. The van der Waals surface area contributed by atoms with Crippen molar-refractivity contribution in [2.24, 2.45) is 17.8 Å². The number of rotatable bonds is 12. The summed E-state index contributed by atoms with van der Waals surface area (Å²) in [5, 5.41) is 29.2. The molecule has 2 amide bonds. The number of aromatic nitrogens is 3. The summed E-state index contributed by atoms with van der Waals surface area (Å²) >= 11 is 0. The molecule has 2 heterocycles. The molecule has 5 rings (SSSR count). The zero-order valence-corrected chi connectivity index (χ0v) is 22.0. The zero-order chi connectivity index (χ0) is 27.7. The van der Waals surface area contributed by atoms with Gasteiger partial charge in [-0.15, -0.1) is 0 Å². The Morgan fingerprint density at radius 2 is 1.74 bits per heavy atom. The van der Waals surface area contributed by atoms with Gasteiger partial charge in [0.1, 0.15) is 11.7 Å². The molecule has 2 fully saturated rings. The molecule has 0 saturated heterocycles. The van der Waals surface area contributed by atoms with Crippen LogP contribution in [-0.2, 0) is 11.3 Å². The molecule has 0 unspecified atom stereocenters. The number of carboxylic acids is 1. The first kappa shape index (κ1) is 26.6. The number of nitrogens with zero attached hydrogens (tertiary/aromatic N) is 3. The first-order chi connectivity index (χ1) is 18.7. The molecule has 2 aliphatic rings. The molecule has 2 saturated carbocycles. The van der Waals surface area contributed by atoms with E-state index in [-0.39, 0.29) is 42.7 Å². The summed E-state index contributed by atoms with van der Waals surface area (Å²) in [6, 6.07) is 8.03. The Bertz CT molecular complexity index is 1360. The summed E-state index contributed by atoms with van der Waals surface area (Å²) < 4.78 is 7.17. The topological polar surface area (TPSA) is 160 Å². The van der Waals surface area contributed by atoms with E-state index in [1.165, 1.54) is 10.9 Å². The van der Waals surface area contributed by atoms with Crippen molar-refractivity contribution in [1.29, 1.82) is 0 Å². The van der Waals surface area contributed by atoms with Crippen molar-refractivity contribution in [3.63, 3.8) is 0 Å². The van der Waals surface area contributed by atoms with Gasteiger partial charge in [0.2, 0.25) is 11.7 Å². The molecule has 1 atom stereocenters. The number of aliphatic hydroxyl groups is 1. The lowest BCUT2D eigenvalue weighted by atomic mass is 10.0. The number of aliphatic carboxylic acids is 1. The van der Waals surface area contributed by atoms with E-state index in [1.807, 2.05) is 6.07 Å². The molecular weight excluding hydrogens is 502 g/mol. The molecule has 11 heteroatoms. The number of hydrogen-bond acceptors (Lipinski definition) is 7. The first-order valence-corrected chi connectivity index (χ1v) is 13.3. The molecule has 0 radical (unpaired) electrons. The minimum atomic E-state index is -1.13. The molecule has 206 valence electrons. The Morgan fingerprint density at radius 3 is 2.36 bits per heavy atom. The second-order valence-electron chi connectivity index (χ2n) is 10.7. The van der Waals surface area contributed by atoms with Crippen molar-refractivity contribution < 1.29 is 29.0 Å². The number of amides is 2. The lowest BCUT2D eigenvalue weighted by Crippen LogP contribution is -2.44. The van der Waals surface area contributed by atoms with Crippen LogP contribution in [0.2, 0.25) is 0 Å². The Kier molecular flexibility index (Phi) is 7.51. The van der Waals surface area contributed by atoms with Crippen LogP contribution in [0.3, 0.4) is 0 Å². The highest BCUT2D eigenvalue weighted by molar-refractivity contribution is 5.95. The van der Waals surface area contributed by atoms with Gasteiger partial charge in [0, 0.05) is 17.2 Å². The van der Waals surface area contributed by atoms with E-state index in [0.29, 0.717) is 34.4 Å². The molecule has 4 N–H and O–H groups in total. The van der Waals surface area contributed by atoms with Crippen LogP contribution in [0.4, 0.5) is 0 Å². The maximum atomic E-state index is 13.2. The van der Waals surface area contributed by atoms with Gasteiger partial charge in [-0.3, -0.25) is 14.3 Å². The third kappa shape index (κ3) is 6.03. The number of hydrogen-bond donors (Lipinski definition) is 4. The maximum Gasteiger partial charge on any atom is 0.326 e. The molecule has 0 bridgehead atoms. The van der Waals surface area contributed by atoms with E-state index in [9.17, 15) is 24.6 Å². The Morgan fingerprint density at radius 1 is 1.05 bits per heavy atom. The molecule has 2 aliphatic carbocycles. The smallest absolute Gasteiger partial charge is 0.326 e. The Labute approximate surface area is 225 Å². The van der Waals surface area contributed by atoms with E-state index in [4.69, 9.17) is 4.42 Å². The van der Waals surface area contributed by atoms with Crippen LogP contribution >= 0.6 is 0 Å². The number of carboxylic acid groups (broad SMARTS) is 1. The molecule has 39 heavy (non-hydrogen) atoms. The van der Waals surface area contributed by atoms with Gasteiger partial charge in [-0.1, -0.05) is 26.0 Å². The average Bonchev–Trinajstić information content (AvgIpc) is 3.84. The second kappa shape index (κ2) is 11.0. The number of aliphatic hydroxyl groups excluding tert-OH is 1. The summed E-state index contributed by atoms with van der Waals surface area (Å²) in [4.78, 5) is 41.4. The highest BCUT2D eigenvalue weighted by atomic mass is 16.4.